The van der Waals surface area contributed by atoms with E-state index in [1.54, 1.807) is 11.9 Å². The molecular weight excluding hydrogens is 194 g/mol. The number of likely N-dealkylation sites (N-methyl/N-ethyl adjacent to an activating group) is 1. The van der Waals surface area contributed by atoms with Crippen LogP contribution >= 0.6 is 0 Å². The maximum Gasteiger partial charge on any atom is 0.236 e. The van der Waals surface area contributed by atoms with Crippen molar-refractivity contribution in [2.75, 3.05) is 39.8 Å². The molecule has 0 aromatic rings. The van der Waals surface area contributed by atoms with Crippen molar-refractivity contribution in [2.45, 2.75) is 13.0 Å². The second-order valence-corrected chi connectivity index (χ2v) is 3.63. The molecular formula is C10H17N3O2. The third-order valence-electron chi connectivity index (χ3n) is 2.55. The van der Waals surface area contributed by atoms with Crippen LogP contribution in [0.1, 0.15) is 6.92 Å². The fourth-order valence-corrected chi connectivity index (χ4v) is 1.41. The minimum Gasteiger partial charge on any atom is -0.361 e. The Morgan fingerprint density at radius 3 is 3.07 bits per heavy atom. The van der Waals surface area contributed by atoms with Crippen LogP contribution in [0.5, 0.6) is 0 Å². The third-order valence-corrected chi connectivity index (χ3v) is 2.55. The van der Waals surface area contributed by atoms with Crippen LogP contribution in [0.3, 0.4) is 0 Å². The lowest BCUT2D eigenvalue weighted by Gasteiger charge is -2.30. The van der Waals surface area contributed by atoms with Gasteiger partial charge in [-0.05, 0) is 6.92 Å². The zero-order chi connectivity index (χ0) is 11.3. The Bertz CT molecular complexity index is 262. The van der Waals surface area contributed by atoms with Crippen LogP contribution in [0.25, 0.3) is 0 Å². The summed E-state index contributed by atoms with van der Waals surface area (Å²) in [5.74, 6) is 0.0936. The Hall–Kier alpha value is -1.12. The van der Waals surface area contributed by atoms with E-state index in [1.807, 2.05) is 11.8 Å². The van der Waals surface area contributed by atoms with Crippen molar-refractivity contribution in [1.82, 2.24) is 9.80 Å². The van der Waals surface area contributed by atoms with Gasteiger partial charge in [-0.25, -0.2) is 0 Å². The van der Waals surface area contributed by atoms with Gasteiger partial charge in [0.25, 0.3) is 0 Å². The first kappa shape index (κ1) is 12.0. The molecule has 1 fully saturated rings. The van der Waals surface area contributed by atoms with Crippen molar-refractivity contribution in [3.63, 3.8) is 0 Å². The van der Waals surface area contributed by atoms with Crippen LogP contribution in [0, 0.1) is 11.3 Å². The van der Waals surface area contributed by atoms with Crippen LogP contribution < -0.4 is 0 Å². The van der Waals surface area contributed by atoms with E-state index >= 15 is 0 Å². The lowest BCUT2D eigenvalue weighted by molar-refractivity contribution is -0.132. The molecule has 1 amide bonds. The summed E-state index contributed by atoms with van der Waals surface area (Å²) in [5.41, 5.74) is 0. The average Bonchev–Trinajstić information content (AvgIpc) is 2.28. The second-order valence-electron chi connectivity index (χ2n) is 3.63. The quantitative estimate of drug-likeness (QED) is 0.642. The molecule has 0 N–H and O–H groups in total. The molecule has 1 saturated heterocycles. The van der Waals surface area contributed by atoms with Crippen molar-refractivity contribution in [3.8, 4) is 6.07 Å². The summed E-state index contributed by atoms with van der Waals surface area (Å²) in [6, 6.07) is 2.06. The predicted octanol–water partition coefficient (Wildman–Crippen LogP) is -0.311. The van der Waals surface area contributed by atoms with Crippen LogP contribution in [-0.2, 0) is 9.53 Å². The first-order chi connectivity index (χ1) is 7.17. The number of hydrogen-bond donors (Lipinski definition) is 0. The van der Waals surface area contributed by atoms with Gasteiger partial charge in [0.2, 0.25) is 5.91 Å². The van der Waals surface area contributed by atoms with E-state index in [0.717, 1.165) is 6.54 Å². The molecule has 0 aliphatic carbocycles. The Labute approximate surface area is 90.2 Å². The highest BCUT2D eigenvalue weighted by atomic mass is 16.5. The van der Waals surface area contributed by atoms with Gasteiger partial charge >= 0.3 is 0 Å². The van der Waals surface area contributed by atoms with Crippen LogP contribution in [0.15, 0.2) is 0 Å². The Morgan fingerprint density at radius 1 is 1.73 bits per heavy atom. The average molecular weight is 211 g/mol. The minimum absolute atomic E-state index is 0.0936. The highest BCUT2D eigenvalue weighted by Crippen LogP contribution is 2.04. The lowest BCUT2D eigenvalue weighted by Crippen LogP contribution is -2.46. The number of nitrogens with zero attached hydrogens (tertiary/aromatic N) is 3. The number of morpholine rings is 1. The van der Waals surface area contributed by atoms with E-state index in [9.17, 15) is 4.79 Å². The molecule has 1 unspecified atom stereocenters. The number of ether oxygens (including phenoxy) is 1. The first-order valence-corrected chi connectivity index (χ1v) is 5.15. The molecule has 1 heterocycles. The number of nitriles is 1. The van der Waals surface area contributed by atoms with E-state index in [-0.39, 0.29) is 5.91 Å². The molecule has 0 saturated carbocycles. The topological polar surface area (TPSA) is 56.6 Å². The van der Waals surface area contributed by atoms with Crippen molar-refractivity contribution in [1.29, 1.82) is 5.26 Å². The van der Waals surface area contributed by atoms with Gasteiger partial charge in [-0.15, -0.1) is 0 Å². The predicted molar refractivity (Wildman–Crippen MR) is 55.1 cm³/mol. The van der Waals surface area contributed by atoms with E-state index in [0.29, 0.717) is 26.2 Å². The molecule has 1 rings (SSSR count). The van der Waals surface area contributed by atoms with Crippen molar-refractivity contribution >= 4 is 5.91 Å². The maximum absolute atomic E-state index is 11.6. The largest absolute Gasteiger partial charge is 0.361 e. The standard InChI is InChI=1S/C10H17N3O2/c1-3-12(2)10(14)8-13-4-5-15-9(6-11)7-13/h9H,3-5,7-8H2,1-2H3. The Kier molecular flexibility index (Phi) is 4.53. The van der Waals surface area contributed by atoms with Crippen molar-refractivity contribution in [2.24, 2.45) is 0 Å². The number of carbonyl (C=O) groups excluding carboxylic acids is 1. The molecule has 5 nitrogen and oxygen atoms in total. The van der Waals surface area contributed by atoms with Gasteiger partial charge in [0.1, 0.15) is 0 Å². The highest BCUT2D eigenvalue weighted by Gasteiger charge is 2.22. The molecule has 0 aromatic heterocycles. The summed E-state index contributed by atoms with van der Waals surface area (Å²) in [6.07, 6.45) is -0.390. The van der Waals surface area contributed by atoms with Gasteiger partial charge in [0.15, 0.2) is 6.10 Å². The summed E-state index contributed by atoms with van der Waals surface area (Å²) in [4.78, 5) is 15.2. The summed E-state index contributed by atoms with van der Waals surface area (Å²) >= 11 is 0. The lowest BCUT2D eigenvalue weighted by atomic mass is 10.3. The zero-order valence-corrected chi connectivity index (χ0v) is 9.27. The minimum atomic E-state index is -0.390. The SMILES string of the molecule is CCN(C)C(=O)CN1CCOC(C#N)C1. The van der Waals surface area contributed by atoms with Gasteiger partial charge in [-0.3, -0.25) is 9.69 Å². The first-order valence-electron chi connectivity index (χ1n) is 5.15. The van der Waals surface area contributed by atoms with Gasteiger partial charge in [-0.2, -0.15) is 5.26 Å². The molecule has 0 spiro atoms. The molecule has 1 aliphatic rings. The van der Waals surface area contributed by atoms with E-state index in [1.165, 1.54) is 0 Å². The van der Waals surface area contributed by atoms with Gasteiger partial charge in [0.05, 0.1) is 19.2 Å². The fraction of sp³-hybridized carbons (Fsp3) is 0.800. The normalized spacial score (nSPS) is 22.1. The van der Waals surface area contributed by atoms with Gasteiger partial charge in [0, 0.05) is 26.7 Å². The second kappa shape index (κ2) is 5.69. The molecule has 1 atom stereocenters. The molecule has 0 radical (unpaired) electrons. The Morgan fingerprint density at radius 2 is 2.47 bits per heavy atom. The fourth-order valence-electron chi connectivity index (χ4n) is 1.41. The monoisotopic (exact) mass is 211 g/mol. The summed E-state index contributed by atoms with van der Waals surface area (Å²) < 4.78 is 5.20. The summed E-state index contributed by atoms with van der Waals surface area (Å²) in [6.45, 7) is 4.81. The number of amides is 1. The zero-order valence-electron chi connectivity index (χ0n) is 9.27. The summed E-state index contributed by atoms with van der Waals surface area (Å²) in [5, 5.41) is 8.70. The van der Waals surface area contributed by atoms with E-state index < -0.39 is 6.10 Å². The molecule has 0 aromatic carbocycles. The van der Waals surface area contributed by atoms with Gasteiger partial charge in [-0.1, -0.05) is 0 Å². The molecule has 0 bridgehead atoms. The van der Waals surface area contributed by atoms with E-state index in [4.69, 9.17) is 10.00 Å². The molecule has 15 heavy (non-hydrogen) atoms. The smallest absolute Gasteiger partial charge is 0.236 e. The third kappa shape index (κ3) is 3.50. The number of hydrogen-bond acceptors (Lipinski definition) is 4. The molecule has 84 valence electrons. The van der Waals surface area contributed by atoms with Crippen LogP contribution in [0.2, 0.25) is 0 Å². The van der Waals surface area contributed by atoms with E-state index in [2.05, 4.69) is 6.07 Å². The highest BCUT2D eigenvalue weighted by molar-refractivity contribution is 5.77. The van der Waals surface area contributed by atoms with Crippen LogP contribution in [0.4, 0.5) is 0 Å². The van der Waals surface area contributed by atoms with Crippen LogP contribution in [-0.4, -0.2) is 61.6 Å². The molecule has 1 aliphatic heterocycles. The summed E-state index contributed by atoms with van der Waals surface area (Å²) in [7, 11) is 1.78. The molecule has 5 heteroatoms. The van der Waals surface area contributed by atoms with Gasteiger partial charge < -0.3 is 9.64 Å². The number of rotatable bonds is 3. The van der Waals surface area contributed by atoms with Crippen molar-refractivity contribution < 1.29 is 9.53 Å². The van der Waals surface area contributed by atoms with Crippen molar-refractivity contribution in [3.05, 3.63) is 0 Å². The number of carbonyl (C=O) groups is 1. The maximum atomic E-state index is 11.6. The Balaban J connectivity index is 2.38.